The summed E-state index contributed by atoms with van der Waals surface area (Å²) in [7, 11) is 0. The highest BCUT2D eigenvalue weighted by atomic mass is 79.9. The van der Waals surface area contributed by atoms with E-state index in [-0.39, 0.29) is 11.6 Å². The lowest BCUT2D eigenvalue weighted by Gasteiger charge is -2.28. The van der Waals surface area contributed by atoms with Crippen molar-refractivity contribution in [3.63, 3.8) is 0 Å². The van der Waals surface area contributed by atoms with Crippen LogP contribution < -0.4 is 15.2 Å². The molecule has 0 saturated heterocycles. The van der Waals surface area contributed by atoms with Crippen LogP contribution in [0.3, 0.4) is 0 Å². The molecule has 0 saturated carbocycles. The van der Waals surface area contributed by atoms with Crippen LogP contribution >= 0.6 is 15.9 Å². The number of halogens is 1. The first-order valence-electron chi connectivity index (χ1n) is 8.93. The summed E-state index contributed by atoms with van der Waals surface area (Å²) >= 11 is 3.51. The molecule has 1 aliphatic rings. The second kappa shape index (κ2) is 7.90. The van der Waals surface area contributed by atoms with Crippen molar-refractivity contribution < 1.29 is 14.6 Å². The Morgan fingerprint density at radius 2 is 1.86 bits per heavy atom. The van der Waals surface area contributed by atoms with Gasteiger partial charge in [-0.15, -0.1) is 0 Å². The lowest BCUT2D eigenvalue weighted by atomic mass is 9.83. The summed E-state index contributed by atoms with van der Waals surface area (Å²) in [4.78, 5) is 0. The van der Waals surface area contributed by atoms with Crippen molar-refractivity contribution in [2.45, 2.75) is 12.5 Å². The van der Waals surface area contributed by atoms with Crippen LogP contribution in [0, 0.1) is 11.3 Å². The molecule has 29 heavy (non-hydrogen) atoms. The standard InChI is InChI=1S/C23H17BrN2O3/c24-15-6-9-20(28-13-14-4-2-1-3-5-14)18(10-15)22-17-8-7-16(27)11-21(17)29-23(26)19(22)12-25/h1-11,22,27H,13,26H2/t22-/m1/s1. The molecule has 0 aromatic heterocycles. The minimum absolute atomic E-state index is 0.0181. The number of hydrogen-bond donors (Lipinski definition) is 2. The number of fused-ring (bicyclic) bond motifs is 1. The highest BCUT2D eigenvalue weighted by Crippen LogP contribution is 2.46. The third-order valence-corrected chi connectivity index (χ3v) is 5.22. The zero-order valence-electron chi connectivity index (χ0n) is 15.3. The van der Waals surface area contributed by atoms with E-state index in [1.165, 1.54) is 6.07 Å². The number of phenols is 1. The highest BCUT2D eigenvalue weighted by molar-refractivity contribution is 9.10. The molecule has 4 rings (SSSR count). The van der Waals surface area contributed by atoms with Crippen molar-refractivity contribution in [1.82, 2.24) is 0 Å². The SMILES string of the molecule is N#CC1=C(N)Oc2cc(O)ccc2[C@@H]1c1cc(Br)ccc1OCc1ccccc1. The number of phenolic OH excluding ortho intramolecular Hbond substituents is 1. The van der Waals surface area contributed by atoms with Crippen molar-refractivity contribution in [1.29, 1.82) is 5.26 Å². The van der Waals surface area contributed by atoms with Gasteiger partial charge in [-0.2, -0.15) is 5.26 Å². The Kier molecular flexibility index (Phi) is 5.15. The molecule has 1 atom stereocenters. The molecule has 5 nitrogen and oxygen atoms in total. The Morgan fingerprint density at radius 3 is 2.62 bits per heavy atom. The third kappa shape index (κ3) is 3.78. The van der Waals surface area contributed by atoms with Gasteiger partial charge in [0.1, 0.15) is 35.5 Å². The molecular weight excluding hydrogens is 432 g/mol. The monoisotopic (exact) mass is 448 g/mol. The molecular formula is C23H17BrN2O3. The number of benzene rings is 3. The van der Waals surface area contributed by atoms with Crippen LogP contribution in [0.5, 0.6) is 17.2 Å². The lowest BCUT2D eigenvalue weighted by molar-refractivity contribution is 0.301. The summed E-state index contributed by atoms with van der Waals surface area (Å²) in [5, 5.41) is 19.6. The van der Waals surface area contributed by atoms with E-state index in [0.717, 1.165) is 21.2 Å². The molecule has 0 radical (unpaired) electrons. The van der Waals surface area contributed by atoms with Crippen molar-refractivity contribution in [2.75, 3.05) is 0 Å². The molecule has 0 spiro atoms. The van der Waals surface area contributed by atoms with Gasteiger partial charge >= 0.3 is 0 Å². The Balaban J connectivity index is 1.81. The molecule has 0 unspecified atom stereocenters. The first-order valence-corrected chi connectivity index (χ1v) is 9.73. The average molecular weight is 449 g/mol. The maximum Gasteiger partial charge on any atom is 0.205 e. The zero-order chi connectivity index (χ0) is 20.4. The van der Waals surface area contributed by atoms with E-state index < -0.39 is 5.92 Å². The Morgan fingerprint density at radius 1 is 1.07 bits per heavy atom. The van der Waals surface area contributed by atoms with E-state index in [2.05, 4.69) is 22.0 Å². The maximum absolute atomic E-state index is 9.83. The van der Waals surface area contributed by atoms with E-state index in [1.807, 2.05) is 48.5 Å². The predicted molar refractivity (Wildman–Crippen MR) is 112 cm³/mol. The predicted octanol–water partition coefficient (Wildman–Crippen LogP) is 4.95. The number of rotatable bonds is 4. The van der Waals surface area contributed by atoms with Gasteiger partial charge in [-0.3, -0.25) is 0 Å². The van der Waals surface area contributed by atoms with Gasteiger partial charge < -0.3 is 20.3 Å². The van der Waals surface area contributed by atoms with E-state index >= 15 is 0 Å². The van der Waals surface area contributed by atoms with Crippen LogP contribution in [-0.2, 0) is 6.61 Å². The molecule has 6 heteroatoms. The highest BCUT2D eigenvalue weighted by Gasteiger charge is 2.33. The Labute approximate surface area is 176 Å². The zero-order valence-corrected chi connectivity index (χ0v) is 16.9. The van der Waals surface area contributed by atoms with Crippen LogP contribution in [-0.4, -0.2) is 5.11 Å². The van der Waals surface area contributed by atoms with Crippen LogP contribution in [0.2, 0.25) is 0 Å². The summed E-state index contributed by atoms with van der Waals surface area (Å²) in [5.74, 6) is 0.659. The number of nitriles is 1. The Bertz CT molecular complexity index is 1140. The summed E-state index contributed by atoms with van der Waals surface area (Å²) in [6.07, 6.45) is 0. The van der Waals surface area contributed by atoms with Crippen molar-refractivity contribution >= 4 is 15.9 Å². The largest absolute Gasteiger partial charge is 0.508 e. The molecule has 3 N–H and O–H groups in total. The molecule has 3 aromatic carbocycles. The molecule has 0 aliphatic carbocycles. The molecule has 0 amide bonds. The minimum Gasteiger partial charge on any atom is -0.508 e. The van der Waals surface area contributed by atoms with E-state index in [1.54, 1.807) is 12.1 Å². The first-order chi connectivity index (χ1) is 14.1. The summed E-state index contributed by atoms with van der Waals surface area (Å²) in [6.45, 7) is 0.391. The molecule has 0 bridgehead atoms. The van der Waals surface area contributed by atoms with E-state index in [4.69, 9.17) is 15.2 Å². The Hall–Kier alpha value is -3.43. The second-order valence-electron chi connectivity index (χ2n) is 6.60. The second-order valence-corrected chi connectivity index (χ2v) is 7.52. The number of aromatic hydroxyl groups is 1. The van der Waals surface area contributed by atoms with Gasteiger partial charge in [-0.25, -0.2) is 0 Å². The van der Waals surface area contributed by atoms with Crippen molar-refractivity contribution in [3.8, 4) is 23.3 Å². The van der Waals surface area contributed by atoms with E-state index in [0.29, 0.717) is 23.7 Å². The maximum atomic E-state index is 9.83. The minimum atomic E-state index is -0.479. The van der Waals surface area contributed by atoms with Crippen LogP contribution in [0.25, 0.3) is 0 Å². The molecule has 0 fully saturated rings. The number of ether oxygens (including phenoxy) is 2. The van der Waals surface area contributed by atoms with Gasteiger partial charge in [0.2, 0.25) is 5.88 Å². The topological polar surface area (TPSA) is 88.5 Å². The van der Waals surface area contributed by atoms with Gasteiger partial charge in [0.05, 0.1) is 5.92 Å². The van der Waals surface area contributed by atoms with Crippen LogP contribution in [0.15, 0.2) is 82.7 Å². The van der Waals surface area contributed by atoms with Crippen LogP contribution in [0.4, 0.5) is 0 Å². The summed E-state index contributed by atoms with van der Waals surface area (Å²) in [5.41, 5.74) is 8.88. The number of nitrogens with zero attached hydrogens (tertiary/aromatic N) is 1. The first kappa shape index (κ1) is 18.9. The molecule has 1 aliphatic heterocycles. The van der Waals surface area contributed by atoms with Crippen LogP contribution in [0.1, 0.15) is 22.6 Å². The normalized spacial score (nSPS) is 15.2. The fourth-order valence-corrected chi connectivity index (χ4v) is 3.75. The summed E-state index contributed by atoms with van der Waals surface area (Å²) < 4.78 is 12.6. The lowest BCUT2D eigenvalue weighted by Crippen LogP contribution is -2.21. The molecule has 1 heterocycles. The average Bonchev–Trinajstić information content (AvgIpc) is 2.72. The van der Waals surface area contributed by atoms with Gasteiger partial charge in [-0.1, -0.05) is 52.3 Å². The fourth-order valence-electron chi connectivity index (χ4n) is 3.38. The summed E-state index contributed by atoms with van der Waals surface area (Å²) in [6, 6.07) is 22.5. The van der Waals surface area contributed by atoms with E-state index in [9.17, 15) is 10.4 Å². The number of hydrogen-bond acceptors (Lipinski definition) is 5. The smallest absolute Gasteiger partial charge is 0.205 e. The molecule has 144 valence electrons. The number of nitrogens with two attached hydrogens (primary N) is 1. The quantitative estimate of drug-likeness (QED) is 0.589. The number of allylic oxidation sites excluding steroid dienone is 1. The van der Waals surface area contributed by atoms with Crippen molar-refractivity contribution in [3.05, 3.63) is 99.3 Å². The molecule has 3 aromatic rings. The van der Waals surface area contributed by atoms with Gasteiger partial charge in [0.15, 0.2) is 0 Å². The van der Waals surface area contributed by atoms with Gasteiger partial charge in [-0.05, 0) is 29.8 Å². The third-order valence-electron chi connectivity index (χ3n) is 4.72. The van der Waals surface area contributed by atoms with Gasteiger partial charge in [0.25, 0.3) is 0 Å². The van der Waals surface area contributed by atoms with Crippen molar-refractivity contribution in [2.24, 2.45) is 5.73 Å². The fraction of sp³-hybridized carbons (Fsp3) is 0.0870. The van der Waals surface area contributed by atoms with Gasteiger partial charge in [0, 0.05) is 21.7 Å².